The Hall–Kier alpha value is -2.14. The molecule has 1 atom stereocenters. The van der Waals surface area contributed by atoms with Crippen molar-refractivity contribution < 1.29 is 14.4 Å². The van der Waals surface area contributed by atoms with Crippen LogP contribution in [0.2, 0.25) is 0 Å². The molecule has 0 radical (unpaired) electrons. The van der Waals surface area contributed by atoms with Crippen LogP contribution in [0.15, 0.2) is 41.6 Å². The van der Waals surface area contributed by atoms with Crippen molar-refractivity contribution in [3.63, 3.8) is 0 Å². The van der Waals surface area contributed by atoms with Gasteiger partial charge >= 0.3 is 5.97 Å². The molecule has 0 N–H and O–H groups in total. The lowest BCUT2D eigenvalue weighted by molar-refractivity contribution is -0.150. The molecule has 0 saturated carbocycles. The van der Waals surface area contributed by atoms with Gasteiger partial charge in [0.25, 0.3) is 0 Å². The van der Waals surface area contributed by atoms with Crippen molar-refractivity contribution in [2.75, 3.05) is 32.8 Å². The van der Waals surface area contributed by atoms with Gasteiger partial charge in [0.2, 0.25) is 0 Å². The maximum atomic E-state index is 11.9. The molecule has 28 heavy (non-hydrogen) atoms. The minimum absolute atomic E-state index is 0.0131. The summed E-state index contributed by atoms with van der Waals surface area (Å²) in [5.41, 5.74) is 2.22. The molecule has 1 aromatic carbocycles. The standard InChI is InChI=1S/C23H34N2O3/c1-4-27-23(26)22-11-8-14-25(18-22)15-16-28-24-17-21(13-12-19(2)3)20-9-6-5-7-10-20/h5-7,9-10,13,17,19,22H,4,8,11-12,14-16,18H2,1-3H3/t22-/m1/s1. The lowest BCUT2D eigenvalue weighted by Gasteiger charge is -2.30. The fraction of sp³-hybridized carbons (Fsp3) is 0.565. The number of hydrogen-bond donors (Lipinski definition) is 0. The van der Waals surface area contributed by atoms with Crippen molar-refractivity contribution >= 4 is 17.8 Å². The van der Waals surface area contributed by atoms with E-state index in [1.165, 1.54) is 0 Å². The normalized spacial score (nSPS) is 18.6. The van der Waals surface area contributed by atoms with Gasteiger partial charge in [-0.05, 0) is 49.8 Å². The van der Waals surface area contributed by atoms with Crippen LogP contribution < -0.4 is 0 Å². The average Bonchev–Trinajstić information content (AvgIpc) is 2.71. The molecular weight excluding hydrogens is 352 g/mol. The Balaban J connectivity index is 1.81. The van der Waals surface area contributed by atoms with Crippen molar-refractivity contribution in [2.45, 2.75) is 40.0 Å². The molecule has 5 nitrogen and oxygen atoms in total. The Bertz CT molecular complexity index is 641. The third-order valence-electron chi connectivity index (χ3n) is 4.81. The van der Waals surface area contributed by atoms with Crippen LogP contribution in [-0.2, 0) is 14.4 Å². The highest BCUT2D eigenvalue weighted by Crippen LogP contribution is 2.18. The summed E-state index contributed by atoms with van der Waals surface area (Å²) < 4.78 is 5.15. The van der Waals surface area contributed by atoms with E-state index in [0.29, 0.717) is 19.1 Å². The number of esters is 1. The largest absolute Gasteiger partial charge is 0.466 e. The Labute approximate surface area is 169 Å². The molecule has 1 saturated heterocycles. The van der Waals surface area contributed by atoms with Gasteiger partial charge in [-0.3, -0.25) is 9.69 Å². The fourth-order valence-electron chi connectivity index (χ4n) is 3.27. The molecule has 0 spiro atoms. The second kappa shape index (κ2) is 12.3. The fourth-order valence-corrected chi connectivity index (χ4v) is 3.27. The summed E-state index contributed by atoms with van der Waals surface area (Å²) in [4.78, 5) is 19.7. The highest BCUT2D eigenvalue weighted by Gasteiger charge is 2.26. The molecule has 0 aromatic heterocycles. The van der Waals surface area contributed by atoms with Crippen molar-refractivity contribution in [1.29, 1.82) is 0 Å². The van der Waals surface area contributed by atoms with Crippen molar-refractivity contribution in [2.24, 2.45) is 17.0 Å². The Morgan fingerprint density at radius 3 is 2.82 bits per heavy atom. The molecule has 1 aromatic rings. The van der Waals surface area contributed by atoms with E-state index in [0.717, 1.165) is 50.0 Å². The van der Waals surface area contributed by atoms with Crippen LogP contribution in [0.1, 0.15) is 45.6 Å². The van der Waals surface area contributed by atoms with Gasteiger partial charge in [-0.25, -0.2) is 0 Å². The topological polar surface area (TPSA) is 51.1 Å². The van der Waals surface area contributed by atoms with Gasteiger partial charge < -0.3 is 9.57 Å². The number of nitrogens with zero attached hydrogens (tertiary/aromatic N) is 2. The molecule has 5 heteroatoms. The number of benzene rings is 1. The molecule has 1 aliphatic rings. The van der Waals surface area contributed by atoms with Gasteiger partial charge in [-0.1, -0.05) is 55.4 Å². The van der Waals surface area contributed by atoms with E-state index >= 15 is 0 Å². The first-order valence-electron chi connectivity index (χ1n) is 10.4. The molecule has 0 bridgehead atoms. The van der Waals surface area contributed by atoms with Crippen LogP contribution in [0.25, 0.3) is 5.57 Å². The predicted octanol–water partition coefficient (Wildman–Crippen LogP) is 4.39. The van der Waals surface area contributed by atoms with Crippen LogP contribution in [-0.4, -0.2) is 49.9 Å². The number of allylic oxidation sites excluding steroid dienone is 2. The number of rotatable bonds is 10. The average molecular weight is 387 g/mol. The zero-order valence-corrected chi connectivity index (χ0v) is 17.5. The van der Waals surface area contributed by atoms with E-state index in [1.807, 2.05) is 25.1 Å². The smallest absolute Gasteiger partial charge is 0.310 e. The minimum atomic E-state index is -0.0751. The summed E-state index contributed by atoms with van der Waals surface area (Å²) in [5, 5.41) is 4.18. The SMILES string of the molecule is CCOC(=O)[C@@H]1CCCN(CCON=CC(=CCC(C)C)c2ccccc2)C1. The van der Waals surface area contributed by atoms with Crippen LogP contribution in [0.3, 0.4) is 0 Å². The molecule has 2 rings (SSSR count). The number of hydrogen-bond acceptors (Lipinski definition) is 5. The van der Waals surface area contributed by atoms with Crippen molar-refractivity contribution in [3.8, 4) is 0 Å². The molecule has 1 heterocycles. The van der Waals surface area contributed by atoms with E-state index < -0.39 is 0 Å². The molecule has 0 amide bonds. The molecule has 154 valence electrons. The van der Waals surface area contributed by atoms with E-state index in [2.05, 4.69) is 42.1 Å². The summed E-state index contributed by atoms with van der Waals surface area (Å²) in [5.74, 6) is 0.509. The van der Waals surface area contributed by atoms with E-state index in [1.54, 1.807) is 6.21 Å². The zero-order valence-electron chi connectivity index (χ0n) is 17.5. The number of ether oxygens (including phenoxy) is 1. The zero-order chi connectivity index (χ0) is 20.2. The number of carbonyl (C=O) groups excluding carboxylic acids is 1. The third kappa shape index (κ3) is 7.85. The van der Waals surface area contributed by atoms with Gasteiger partial charge in [0.15, 0.2) is 0 Å². The lowest BCUT2D eigenvalue weighted by atomic mass is 9.98. The summed E-state index contributed by atoms with van der Waals surface area (Å²) >= 11 is 0. The molecule has 1 aliphatic heterocycles. The van der Waals surface area contributed by atoms with Gasteiger partial charge in [-0.15, -0.1) is 0 Å². The maximum absolute atomic E-state index is 11.9. The van der Waals surface area contributed by atoms with Crippen molar-refractivity contribution in [3.05, 3.63) is 42.0 Å². The summed E-state index contributed by atoms with van der Waals surface area (Å²) in [6.07, 6.45) is 6.94. The van der Waals surface area contributed by atoms with E-state index in [9.17, 15) is 4.79 Å². The monoisotopic (exact) mass is 386 g/mol. The van der Waals surface area contributed by atoms with Crippen LogP contribution in [0, 0.1) is 11.8 Å². The summed E-state index contributed by atoms with van der Waals surface area (Å²) in [7, 11) is 0. The second-order valence-corrected chi connectivity index (χ2v) is 7.61. The highest BCUT2D eigenvalue weighted by atomic mass is 16.6. The molecule has 0 aliphatic carbocycles. The number of oxime groups is 1. The maximum Gasteiger partial charge on any atom is 0.310 e. The first-order valence-corrected chi connectivity index (χ1v) is 10.4. The van der Waals surface area contributed by atoms with Crippen molar-refractivity contribution in [1.82, 2.24) is 4.90 Å². The summed E-state index contributed by atoms with van der Waals surface area (Å²) in [6.45, 7) is 9.72. The quantitative estimate of drug-likeness (QED) is 0.259. The minimum Gasteiger partial charge on any atom is -0.466 e. The molecular formula is C23H34N2O3. The second-order valence-electron chi connectivity index (χ2n) is 7.61. The Kier molecular flexibility index (Phi) is 9.77. The first-order chi connectivity index (χ1) is 13.6. The number of carbonyl (C=O) groups is 1. The first kappa shape index (κ1) is 22.2. The number of likely N-dealkylation sites (tertiary alicyclic amines) is 1. The van der Waals surface area contributed by atoms with Gasteiger partial charge in [0.1, 0.15) is 6.61 Å². The van der Waals surface area contributed by atoms with Gasteiger partial charge in [-0.2, -0.15) is 0 Å². The van der Waals surface area contributed by atoms with Crippen LogP contribution in [0.4, 0.5) is 0 Å². The van der Waals surface area contributed by atoms with Crippen LogP contribution >= 0.6 is 0 Å². The number of piperidine rings is 1. The Morgan fingerprint density at radius 2 is 2.11 bits per heavy atom. The van der Waals surface area contributed by atoms with Gasteiger partial charge in [0, 0.05) is 13.1 Å². The van der Waals surface area contributed by atoms with E-state index in [-0.39, 0.29) is 11.9 Å². The molecule has 0 unspecified atom stereocenters. The lowest BCUT2D eigenvalue weighted by Crippen LogP contribution is -2.40. The third-order valence-corrected chi connectivity index (χ3v) is 4.81. The van der Waals surface area contributed by atoms with Crippen LogP contribution in [0.5, 0.6) is 0 Å². The van der Waals surface area contributed by atoms with Gasteiger partial charge in [0.05, 0.1) is 18.7 Å². The molecule has 1 fully saturated rings. The predicted molar refractivity (Wildman–Crippen MR) is 114 cm³/mol. The Morgan fingerprint density at radius 1 is 1.32 bits per heavy atom. The van der Waals surface area contributed by atoms with E-state index in [4.69, 9.17) is 9.57 Å². The highest BCUT2D eigenvalue weighted by molar-refractivity contribution is 6.09. The summed E-state index contributed by atoms with van der Waals surface area (Å²) in [6, 6.07) is 10.2.